The van der Waals surface area contributed by atoms with Gasteiger partial charge in [-0.25, -0.2) is 10.8 Å². The summed E-state index contributed by atoms with van der Waals surface area (Å²) in [5.41, 5.74) is 5.97. The molecule has 0 fully saturated rings. The van der Waals surface area contributed by atoms with E-state index < -0.39 is 0 Å². The summed E-state index contributed by atoms with van der Waals surface area (Å²) in [6.45, 7) is 2.12. The molecular formula is C14H14N4. The fourth-order valence-electron chi connectivity index (χ4n) is 1.73. The van der Waals surface area contributed by atoms with E-state index in [9.17, 15) is 0 Å². The quantitative estimate of drug-likeness (QED) is 0.636. The summed E-state index contributed by atoms with van der Waals surface area (Å²) in [6, 6.07) is 13.8. The molecular weight excluding hydrogens is 224 g/mol. The molecule has 3 N–H and O–H groups in total. The molecule has 0 bridgehead atoms. The van der Waals surface area contributed by atoms with Gasteiger partial charge in [0.15, 0.2) is 5.82 Å². The number of nitrogen functional groups attached to an aromatic ring is 1. The fraction of sp³-hybridized carbons (Fsp3) is 0.143. The van der Waals surface area contributed by atoms with Crippen LogP contribution in [0.1, 0.15) is 18.1 Å². The summed E-state index contributed by atoms with van der Waals surface area (Å²) in [5, 5.41) is 8.89. The smallest absolute Gasteiger partial charge is 0.158 e. The maximum absolute atomic E-state index is 8.89. The van der Waals surface area contributed by atoms with Crippen molar-refractivity contribution >= 4 is 5.82 Å². The zero-order chi connectivity index (χ0) is 13.0. The molecule has 0 aliphatic heterocycles. The molecule has 1 heterocycles. The lowest BCUT2D eigenvalue weighted by molar-refractivity contribution is 1.14. The van der Waals surface area contributed by atoms with Gasteiger partial charge in [0, 0.05) is 5.56 Å². The van der Waals surface area contributed by atoms with Gasteiger partial charge in [-0.2, -0.15) is 5.26 Å². The van der Waals surface area contributed by atoms with Crippen LogP contribution in [0.4, 0.5) is 5.82 Å². The molecule has 2 rings (SSSR count). The van der Waals surface area contributed by atoms with Crippen molar-refractivity contribution in [3.63, 3.8) is 0 Å². The van der Waals surface area contributed by atoms with Crippen LogP contribution in [-0.2, 0) is 6.42 Å². The highest BCUT2D eigenvalue weighted by Crippen LogP contribution is 2.21. The zero-order valence-electron chi connectivity index (χ0n) is 10.1. The predicted octanol–water partition coefficient (Wildman–Crippen LogP) is 2.47. The van der Waals surface area contributed by atoms with E-state index in [0.717, 1.165) is 17.7 Å². The number of nitrogens with two attached hydrogens (primary N) is 1. The fourth-order valence-corrected chi connectivity index (χ4v) is 1.73. The molecule has 0 saturated carbocycles. The van der Waals surface area contributed by atoms with Crippen molar-refractivity contribution in [2.24, 2.45) is 5.84 Å². The van der Waals surface area contributed by atoms with Crippen LogP contribution < -0.4 is 11.3 Å². The van der Waals surface area contributed by atoms with E-state index in [1.165, 1.54) is 5.56 Å². The third-order valence-electron chi connectivity index (χ3n) is 2.81. The van der Waals surface area contributed by atoms with Gasteiger partial charge in [0.05, 0.1) is 11.3 Å². The lowest BCUT2D eigenvalue weighted by Crippen LogP contribution is -2.10. The van der Waals surface area contributed by atoms with Crippen LogP contribution in [0.3, 0.4) is 0 Å². The lowest BCUT2D eigenvalue weighted by Gasteiger charge is -2.06. The van der Waals surface area contributed by atoms with Crippen LogP contribution >= 0.6 is 0 Å². The summed E-state index contributed by atoms with van der Waals surface area (Å²) in [5.74, 6) is 5.75. The summed E-state index contributed by atoms with van der Waals surface area (Å²) in [6.07, 6.45) is 1.01. The van der Waals surface area contributed by atoms with Crippen molar-refractivity contribution < 1.29 is 0 Å². The number of nitriles is 1. The minimum absolute atomic E-state index is 0.398. The normalized spacial score (nSPS) is 9.83. The number of nitrogens with one attached hydrogen (secondary N) is 1. The third-order valence-corrected chi connectivity index (χ3v) is 2.81. The number of aromatic nitrogens is 1. The molecule has 0 spiro atoms. The molecule has 4 nitrogen and oxygen atoms in total. The second-order valence-corrected chi connectivity index (χ2v) is 3.90. The topological polar surface area (TPSA) is 74.7 Å². The van der Waals surface area contributed by atoms with Crippen LogP contribution in [0, 0.1) is 11.3 Å². The molecule has 0 unspecified atom stereocenters. The van der Waals surface area contributed by atoms with Gasteiger partial charge < -0.3 is 5.43 Å². The van der Waals surface area contributed by atoms with Gasteiger partial charge in [-0.15, -0.1) is 0 Å². The molecule has 2 aromatic rings. The SMILES string of the molecule is CCc1ccc(-c2ccc(C#N)c(NN)n2)cc1. The van der Waals surface area contributed by atoms with Gasteiger partial charge in [0.1, 0.15) is 6.07 Å². The number of hydrazine groups is 1. The maximum Gasteiger partial charge on any atom is 0.158 e. The highest BCUT2D eigenvalue weighted by atomic mass is 15.2. The Balaban J connectivity index is 2.41. The number of nitrogens with zero attached hydrogens (tertiary/aromatic N) is 2. The average Bonchev–Trinajstić information content (AvgIpc) is 2.46. The monoisotopic (exact) mass is 238 g/mol. The predicted molar refractivity (Wildman–Crippen MR) is 71.6 cm³/mol. The summed E-state index contributed by atoms with van der Waals surface area (Å²) in [4.78, 5) is 4.33. The largest absolute Gasteiger partial charge is 0.307 e. The van der Waals surface area contributed by atoms with Crippen molar-refractivity contribution in [1.82, 2.24) is 4.98 Å². The van der Waals surface area contributed by atoms with E-state index in [1.54, 1.807) is 6.07 Å². The van der Waals surface area contributed by atoms with E-state index in [2.05, 4.69) is 29.5 Å². The van der Waals surface area contributed by atoms with Crippen molar-refractivity contribution in [1.29, 1.82) is 5.26 Å². The van der Waals surface area contributed by atoms with E-state index in [4.69, 9.17) is 11.1 Å². The number of rotatable bonds is 3. The van der Waals surface area contributed by atoms with Gasteiger partial charge in [-0.1, -0.05) is 31.2 Å². The van der Waals surface area contributed by atoms with E-state index >= 15 is 0 Å². The van der Waals surface area contributed by atoms with Crippen LogP contribution in [0.5, 0.6) is 0 Å². The van der Waals surface area contributed by atoms with Crippen molar-refractivity contribution in [3.8, 4) is 17.3 Å². The first-order valence-corrected chi connectivity index (χ1v) is 5.75. The Hall–Kier alpha value is -2.38. The molecule has 0 atom stereocenters. The molecule has 1 aromatic carbocycles. The van der Waals surface area contributed by atoms with Gasteiger partial charge in [-0.05, 0) is 24.1 Å². The second kappa shape index (κ2) is 5.30. The van der Waals surface area contributed by atoms with Crippen LogP contribution in [0.25, 0.3) is 11.3 Å². The molecule has 90 valence electrons. The van der Waals surface area contributed by atoms with Crippen LogP contribution in [-0.4, -0.2) is 4.98 Å². The Morgan fingerprint density at radius 2 is 1.94 bits per heavy atom. The Labute approximate surface area is 106 Å². The van der Waals surface area contributed by atoms with E-state index in [-0.39, 0.29) is 0 Å². The van der Waals surface area contributed by atoms with E-state index in [1.807, 2.05) is 24.3 Å². The number of hydrogen-bond acceptors (Lipinski definition) is 4. The van der Waals surface area contributed by atoms with Gasteiger partial charge >= 0.3 is 0 Å². The van der Waals surface area contributed by atoms with Crippen LogP contribution in [0.2, 0.25) is 0 Å². The van der Waals surface area contributed by atoms with Gasteiger partial charge in [0.25, 0.3) is 0 Å². The Bertz CT molecular complexity index is 582. The molecule has 0 saturated heterocycles. The first kappa shape index (κ1) is 12.1. The number of hydrogen-bond donors (Lipinski definition) is 2. The third kappa shape index (κ3) is 2.31. The van der Waals surface area contributed by atoms with Crippen molar-refractivity contribution in [2.45, 2.75) is 13.3 Å². The Kier molecular flexibility index (Phi) is 3.56. The molecule has 1 aromatic heterocycles. The molecule has 0 radical (unpaired) electrons. The number of benzene rings is 1. The molecule has 0 aliphatic rings. The Morgan fingerprint density at radius 1 is 1.22 bits per heavy atom. The summed E-state index contributed by atoms with van der Waals surface area (Å²) < 4.78 is 0. The highest BCUT2D eigenvalue weighted by Gasteiger charge is 2.05. The number of pyridine rings is 1. The Morgan fingerprint density at radius 3 is 2.50 bits per heavy atom. The minimum Gasteiger partial charge on any atom is -0.307 e. The average molecular weight is 238 g/mol. The molecule has 0 amide bonds. The number of aryl methyl sites for hydroxylation is 1. The zero-order valence-corrected chi connectivity index (χ0v) is 10.1. The first-order chi connectivity index (χ1) is 8.78. The minimum atomic E-state index is 0.398. The lowest BCUT2D eigenvalue weighted by atomic mass is 10.1. The van der Waals surface area contributed by atoms with E-state index in [0.29, 0.717) is 11.4 Å². The standard InChI is InChI=1S/C14H14N4/c1-2-10-3-5-11(6-4-10)13-8-7-12(9-15)14(17-13)18-16/h3-8H,2,16H2,1H3,(H,17,18). The molecule has 4 heteroatoms. The molecule has 0 aliphatic carbocycles. The van der Waals surface area contributed by atoms with Crippen molar-refractivity contribution in [2.75, 3.05) is 5.43 Å². The highest BCUT2D eigenvalue weighted by molar-refractivity contribution is 5.64. The van der Waals surface area contributed by atoms with Crippen molar-refractivity contribution in [3.05, 3.63) is 47.5 Å². The van der Waals surface area contributed by atoms with Gasteiger partial charge in [-0.3, -0.25) is 0 Å². The molecule has 18 heavy (non-hydrogen) atoms. The maximum atomic E-state index is 8.89. The van der Waals surface area contributed by atoms with Crippen LogP contribution in [0.15, 0.2) is 36.4 Å². The first-order valence-electron chi connectivity index (χ1n) is 5.75. The van der Waals surface area contributed by atoms with Gasteiger partial charge in [0.2, 0.25) is 0 Å². The summed E-state index contributed by atoms with van der Waals surface area (Å²) >= 11 is 0. The number of anilines is 1. The summed E-state index contributed by atoms with van der Waals surface area (Å²) in [7, 11) is 0. The second-order valence-electron chi connectivity index (χ2n) is 3.90.